The van der Waals surface area contributed by atoms with Gasteiger partial charge in [0.25, 0.3) is 0 Å². The van der Waals surface area contributed by atoms with Gasteiger partial charge in [-0.25, -0.2) is 4.98 Å². The maximum Gasteiger partial charge on any atom is 0.227 e. The predicted molar refractivity (Wildman–Crippen MR) is 60.8 cm³/mol. The standard InChI is InChI=1S/C10H14ClN3O/c1-2-8(12)5-10(15)14-9-4-3-7(11)6-13-9/h3-4,6,8H,2,5,12H2,1H3,(H,13,14,15). The molecule has 1 aromatic rings. The highest BCUT2D eigenvalue weighted by Gasteiger charge is 2.07. The Balaban J connectivity index is 2.48. The van der Waals surface area contributed by atoms with E-state index in [9.17, 15) is 4.79 Å². The van der Waals surface area contributed by atoms with Crippen molar-refractivity contribution in [3.63, 3.8) is 0 Å². The minimum absolute atomic E-state index is 0.0997. The van der Waals surface area contributed by atoms with Gasteiger partial charge in [-0.05, 0) is 18.6 Å². The topological polar surface area (TPSA) is 68.0 Å². The third-order valence-corrected chi connectivity index (χ3v) is 2.19. The van der Waals surface area contributed by atoms with Crippen LogP contribution in [0.2, 0.25) is 5.02 Å². The number of pyridine rings is 1. The number of nitrogens with two attached hydrogens (primary N) is 1. The van der Waals surface area contributed by atoms with Crippen molar-refractivity contribution < 1.29 is 4.79 Å². The van der Waals surface area contributed by atoms with Crippen molar-refractivity contribution in [3.05, 3.63) is 23.4 Å². The summed E-state index contributed by atoms with van der Waals surface area (Å²) in [6.07, 6.45) is 2.57. The third kappa shape index (κ3) is 4.27. The number of nitrogens with one attached hydrogen (secondary N) is 1. The van der Waals surface area contributed by atoms with E-state index in [1.54, 1.807) is 12.1 Å². The van der Waals surface area contributed by atoms with Crippen LogP contribution >= 0.6 is 11.6 Å². The number of amides is 1. The van der Waals surface area contributed by atoms with E-state index in [1.807, 2.05) is 6.92 Å². The molecule has 0 saturated heterocycles. The van der Waals surface area contributed by atoms with Gasteiger partial charge in [-0.2, -0.15) is 0 Å². The molecule has 15 heavy (non-hydrogen) atoms. The van der Waals surface area contributed by atoms with Crippen molar-refractivity contribution in [1.29, 1.82) is 0 Å². The van der Waals surface area contributed by atoms with E-state index in [0.717, 1.165) is 6.42 Å². The molecule has 4 nitrogen and oxygen atoms in total. The summed E-state index contributed by atoms with van der Waals surface area (Å²) in [4.78, 5) is 15.3. The largest absolute Gasteiger partial charge is 0.327 e. The van der Waals surface area contributed by atoms with E-state index in [1.165, 1.54) is 6.20 Å². The molecule has 0 saturated carbocycles. The minimum atomic E-state index is -0.126. The van der Waals surface area contributed by atoms with Crippen LogP contribution < -0.4 is 11.1 Å². The van der Waals surface area contributed by atoms with Crippen LogP contribution in [0.4, 0.5) is 5.82 Å². The number of aromatic nitrogens is 1. The summed E-state index contributed by atoms with van der Waals surface area (Å²) in [7, 11) is 0. The van der Waals surface area contributed by atoms with Gasteiger partial charge in [0.2, 0.25) is 5.91 Å². The molecule has 1 amide bonds. The van der Waals surface area contributed by atoms with Gasteiger partial charge in [-0.1, -0.05) is 18.5 Å². The van der Waals surface area contributed by atoms with E-state index >= 15 is 0 Å². The van der Waals surface area contributed by atoms with Crippen molar-refractivity contribution in [2.75, 3.05) is 5.32 Å². The SMILES string of the molecule is CCC(N)CC(=O)Nc1ccc(Cl)cn1. The molecule has 0 aromatic carbocycles. The van der Waals surface area contributed by atoms with Gasteiger partial charge in [0.05, 0.1) is 5.02 Å². The Labute approximate surface area is 93.8 Å². The summed E-state index contributed by atoms with van der Waals surface area (Å²) in [5.74, 6) is 0.367. The Kier molecular flexibility index (Phi) is 4.52. The maximum atomic E-state index is 11.4. The average molecular weight is 228 g/mol. The number of nitrogens with zero attached hydrogens (tertiary/aromatic N) is 1. The number of anilines is 1. The minimum Gasteiger partial charge on any atom is -0.327 e. The molecule has 0 aliphatic rings. The molecule has 3 N–H and O–H groups in total. The molecule has 1 aromatic heterocycles. The molecule has 0 bridgehead atoms. The highest BCUT2D eigenvalue weighted by Crippen LogP contribution is 2.09. The molecule has 1 rings (SSSR count). The van der Waals surface area contributed by atoms with Crippen LogP contribution in [0.3, 0.4) is 0 Å². The van der Waals surface area contributed by atoms with Crippen molar-refractivity contribution in [3.8, 4) is 0 Å². The van der Waals surface area contributed by atoms with Crippen molar-refractivity contribution >= 4 is 23.3 Å². The molecule has 0 radical (unpaired) electrons. The Hall–Kier alpha value is -1.13. The second-order valence-electron chi connectivity index (χ2n) is 3.28. The highest BCUT2D eigenvalue weighted by atomic mass is 35.5. The number of carbonyl (C=O) groups excluding carboxylic acids is 1. The summed E-state index contributed by atoms with van der Waals surface area (Å²) >= 11 is 5.66. The first kappa shape index (κ1) is 11.9. The van der Waals surface area contributed by atoms with Crippen LogP contribution in [0.25, 0.3) is 0 Å². The first-order chi connectivity index (χ1) is 7.11. The fraction of sp³-hybridized carbons (Fsp3) is 0.400. The monoisotopic (exact) mass is 227 g/mol. The van der Waals surface area contributed by atoms with Crippen LogP contribution in [-0.4, -0.2) is 16.9 Å². The Morgan fingerprint density at radius 2 is 2.40 bits per heavy atom. The van der Waals surface area contributed by atoms with Gasteiger partial charge in [-0.3, -0.25) is 4.79 Å². The quantitative estimate of drug-likeness (QED) is 0.824. The first-order valence-corrected chi connectivity index (χ1v) is 5.16. The van der Waals surface area contributed by atoms with E-state index in [4.69, 9.17) is 17.3 Å². The van der Waals surface area contributed by atoms with E-state index in [2.05, 4.69) is 10.3 Å². The van der Waals surface area contributed by atoms with Gasteiger partial charge in [0.15, 0.2) is 0 Å². The lowest BCUT2D eigenvalue weighted by atomic mass is 10.1. The first-order valence-electron chi connectivity index (χ1n) is 4.78. The summed E-state index contributed by atoms with van der Waals surface area (Å²) in [5.41, 5.74) is 5.65. The van der Waals surface area contributed by atoms with Gasteiger partial charge >= 0.3 is 0 Å². The summed E-state index contributed by atoms with van der Waals surface area (Å²) in [5, 5.41) is 3.19. The smallest absolute Gasteiger partial charge is 0.227 e. The number of rotatable bonds is 4. The van der Waals surface area contributed by atoms with E-state index in [-0.39, 0.29) is 11.9 Å². The van der Waals surface area contributed by atoms with Crippen LogP contribution in [0.15, 0.2) is 18.3 Å². The molecule has 0 aliphatic carbocycles. The van der Waals surface area contributed by atoms with Gasteiger partial charge in [0.1, 0.15) is 5.82 Å². The molecule has 0 fully saturated rings. The van der Waals surface area contributed by atoms with E-state index in [0.29, 0.717) is 17.3 Å². The van der Waals surface area contributed by atoms with Crippen LogP contribution in [-0.2, 0) is 4.79 Å². The maximum absolute atomic E-state index is 11.4. The lowest BCUT2D eigenvalue weighted by Gasteiger charge is -2.08. The van der Waals surface area contributed by atoms with Crippen molar-refractivity contribution in [1.82, 2.24) is 4.98 Å². The Morgan fingerprint density at radius 1 is 1.67 bits per heavy atom. The molecule has 0 spiro atoms. The molecular formula is C10H14ClN3O. The van der Waals surface area contributed by atoms with Crippen molar-refractivity contribution in [2.24, 2.45) is 5.73 Å². The number of hydrogen-bond donors (Lipinski definition) is 2. The number of halogens is 1. The molecule has 1 unspecified atom stereocenters. The van der Waals surface area contributed by atoms with E-state index < -0.39 is 0 Å². The normalized spacial score (nSPS) is 12.2. The zero-order chi connectivity index (χ0) is 11.3. The average Bonchev–Trinajstić information content (AvgIpc) is 2.21. The van der Waals surface area contributed by atoms with Crippen molar-refractivity contribution in [2.45, 2.75) is 25.8 Å². The Bertz CT molecular complexity index is 326. The highest BCUT2D eigenvalue weighted by molar-refractivity contribution is 6.30. The van der Waals surface area contributed by atoms with Gasteiger partial charge < -0.3 is 11.1 Å². The molecule has 1 atom stereocenters. The molecule has 82 valence electrons. The lowest BCUT2D eigenvalue weighted by molar-refractivity contribution is -0.116. The molecular weight excluding hydrogens is 214 g/mol. The summed E-state index contributed by atoms with van der Waals surface area (Å²) in [6, 6.07) is 3.22. The fourth-order valence-electron chi connectivity index (χ4n) is 1.03. The van der Waals surface area contributed by atoms with Crippen LogP contribution in [0.5, 0.6) is 0 Å². The number of carbonyl (C=O) groups is 1. The summed E-state index contributed by atoms with van der Waals surface area (Å²) in [6.45, 7) is 1.94. The van der Waals surface area contributed by atoms with Crippen LogP contribution in [0, 0.1) is 0 Å². The third-order valence-electron chi connectivity index (χ3n) is 1.97. The molecule has 0 aliphatic heterocycles. The molecule has 1 heterocycles. The second-order valence-corrected chi connectivity index (χ2v) is 3.72. The fourth-order valence-corrected chi connectivity index (χ4v) is 1.14. The second kappa shape index (κ2) is 5.68. The van der Waals surface area contributed by atoms with Crippen LogP contribution in [0.1, 0.15) is 19.8 Å². The molecule has 5 heteroatoms. The Morgan fingerprint density at radius 3 is 2.93 bits per heavy atom. The zero-order valence-corrected chi connectivity index (χ0v) is 9.29. The van der Waals surface area contributed by atoms with Gasteiger partial charge in [0, 0.05) is 18.7 Å². The van der Waals surface area contributed by atoms with Gasteiger partial charge in [-0.15, -0.1) is 0 Å². The summed E-state index contributed by atoms with van der Waals surface area (Å²) < 4.78 is 0. The lowest BCUT2D eigenvalue weighted by Crippen LogP contribution is -2.26. The zero-order valence-electron chi connectivity index (χ0n) is 8.53. The predicted octanol–water partition coefficient (Wildman–Crippen LogP) is 1.80. The number of hydrogen-bond acceptors (Lipinski definition) is 3.